The predicted molar refractivity (Wildman–Crippen MR) is 99.6 cm³/mol. The standard InChI is InChI=1S/C19H23NO3S/c1-15(2)14-22-12-9-18(21)23-17-6-4-16(5-7-17)8-10-19(3)20-11-13-24-19/h4-8,10-11,13,20H,1,9,12,14H2,2-3H3/b10-8+. The van der Waals surface area contributed by atoms with Crippen LogP contribution >= 0.6 is 11.8 Å². The first kappa shape index (κ1) is 18.4. The van der Waals surface area contributed by atoms with E-state index in [1.54, 1.807) is 23.9 Å². The molecule has 1 N–H and O–H groups in total. The number of rotatable bonds is 8. The molecular weight excluding hydrogens is 322 g/mol. The van der Waals surface area contributed by atoms with E-state index in [2.05, 4.69) is 24.9 Å². The highest BCUT2D eigenvalue weighted by Gasteiger charge is 2.21. The Morgan fingerprint density at radius 2 is 2.12 bits per heavy atom. The molecule has 0 spiro atoms. The molecule has 0 aromatic heterocycles. The maximum atomic E-state index is 11.7. The Morgan fingerprint density at radius 1 is 1.38 bits per heavy atom. The Bertz CT molecular complexity index is 627. The van der Waals surface area contributed by atoms with E-state index >= 15 is 0 Å². The summed E-state index contributed by atoms with van der Waals surface area (Å²) in [7, 11) is 0. The van der Waals surface area contributed by atoms with E-state index < -0.39 is 0 Å². The molecule has 128 valence electrons. The number of esters is 1. The fraction of sp³-hybridized carbons (Fsp3) is 0.316. The van der Waals surface area contributed by atoms with E-state index in [0.29, 0.717) is 19.0 Å². The number of carbonyl (C=O) groups is 1. The largest absolute Gasteiger partial charge is 0.426 e. The SMILES string of the molecule is C=C(C)COCCC(=O)Oc1ccc(/C=C/C2(C)NC=CS2)cc1. The van der Waals surface area contributed by atoms with Crippen molar-refractivity contribution in [1.29, 1.82) is 0 Å². The lowest BCUT2D eigenvalue weighted by Crippen LogP contribution is -2.28. The van der Waals surface area contributed by atoms with Crippen LogP contribution in [-0.2, 0) is 9.53 Å². The molecule has 0 bridgehead atoms. The summed E-state index contributed by atoms with van der Waals surface area (Å²) in [5, 5.41) is 5.32. The van der Waals surface area contributed by atoms with Gasteiger partial charge in [-0.25, -0.2) is 0 Å². The van der Waals surface area contributed by atoms with Crippen molar-refractivity contribution >= 4 is 23.8 Å². The fourth-order valence-electron chi connectivity index (χ4n) is 1.98. The van der Waals surface area contributed by atoms with E-state index in [-0.39, 0.29) is 17.3 Å². The Balaban J connectivity index is 1.78. The van der Waals surface area contributed by atoms with Crippen molar-refractivity contribution in [3.63, 3.8) is 0 Å². The number of carbonyl (C=O) groups excluding carboxylic acids is 1. The Morgan fingerprint density at radius 3 is 2.75 bits per heavy atom. The fourth-order valence-corrected chi connectivity index (χ4v) is 2.68. The summed E-state index contributed by atoms with van der Waals surface area (Å²) in [4.78, 5) is 11.6. The lowest BCUT2D eigenvalue weighted by molar-refractivity contribution is -0.135. The van der Waals surface area contributed by atoms with Crippen molar-refractivity contribution in [1.82, 2.24) is 5.32 Å². The van der Waals surface area contributed by atoms with Gasteiger partial charge in [0.2, 0.25) is 0 Å². The van der Waals surface area contributed by atoms with Crippen LogP contribution in [0.5, 0.6) is 5.75 Å². The van der Waals surface area contributed by atoms with Crippen LogP contribution in [0.3, 0.4) is 0 Å². The molecule has 0 aliphatic carbocycles. The van der Waals surface area contributed by atoms with Crippen LogP contribution in [-0.4, -0.2) is 24.1 Å². The third-order valence-electron chi connectivity index (χ3n) is 3.26. The van der Waals surface area contributed by atoms with Gasteiger partial charge in [0.1, 0.15) is 10.6 Å². The van der Waals surface area contributed by atoms with Crippen molar-refractivity contribution in [2.24, 2.45) is 0 Å². The lowest BCUT2D eigenvalue weighted by atomic mass is 10.1. The van der Waals surface area contributed by atoms with Gasteiger partial charge < -0.3 is 14.8 Å². The first-order valence-corrected chi connectivity index (χ1v) is 8.67. The van der Waals surface area contributed by atoms with Gasteiger partial charge in [-0.15, -0.1) is 11.8 Å². The normalized spacial score (nSPS) is 19.4. The molecule has 1 atom stereocenters. The summed E-state index contributed by atoms with van der Waals surface area (Å²) in [5.41, 5.74) is 1.98. The molecule has 0 amide bonds. The van der Waals surface area contributed by atoms with Crippen LogP contribution < -0.4 is 10.1 Å². The Labute approximate surface area is 147 Å². The first-order valence-electron chi connectivity index (χ1n) is 7.79. The zero-order chi connectivity index (χ0) is 17.4. The third-order valence-corrected chi connectivity index (χ3v) is 4.27. The van der Waals surface area contributed by atoms with Gasteiger partial charge in [-0.3, -0.25) is 4.79 Å². The van der Waals surface area contributed by atoms with Gasteiger partial charge in [0.25, 0.3) is 0 Å². The molecule has 2 rings (SSSR count). The number of ether oxygens (including phenoxy) is 2. The molecule has 0 fully saturated rings. The highest BCUT2D eigenvalue weighted by Crippen LogP contribution is 2.29. The van der Waals surface area contributed by atoms with Gasteiger partial charge in [-0.05, 0) is 43.0 Å². The van der Waals surface area contributed by atoms with Crippen molar-refractivity contribution in [2.75, 3.05) is 13.2 Å². The smallest absolute Gasteiger partial charge is 0.313 e. The van der Waals surface area contributed by atoms with E-state index in [1.807, 2.05) is 36.7 Å². The minimum atomic E-state index is -0.301. The Hall–Kier alpha value is -1.98. The van der Waals surface area contributed by atoms with Crippen LogP contribution in [0.4, 0.5) is 0 Å². The van der Waals surface area contributed by atoms with Crippen LogP contribution in [0.15, 0.2) is 54.1 Å². The molecule has 5 heteroatoms. The topological polar surface area (TPSA) is 47.6 Å². The van der Waals surface area contributed by atoms with Crippen LogP contribution in [0.1, 0.15) is 25.8 Å². The number of hydrogen-bond donors (Lipinski definition) is 1. The lowest BCUT2D eigenvalue weighted by Gasteiger charge is -2.18. The second-order valence-electron chi connectivity index (χ2n) is 5.81. The van der Waals surface area contributed by atoms with Gasteiger partial charge in [-0.1, -0.05) is 30.4 Å². The number of benzene rings is 1. The quantitative estimate of drug-likeness (QED) is 0.332. The molecule has 0 saturated heterocycles. The molecule has 1 aliphatic rings. The van der Waals surface area contributed by atoms with Gasteiger partial charge in [0.15, 0.2) is 0 Å². The zero-order valence-electron chi connectivity index (χ0n) is 14.1. The average Bonchev–Trinajstić information content (AvgIpc) is 2.98. The van der Waals surface area contributed by atoms with Gasteiger partial charge >= 0.3 is 5.97 Å². The maximum Gasteiger partial charge on any atom is 0.313 e. The third kappa shape index (κ3) is 6.26. The minimum absolute atomic E-state index is 0.102. The number of nitrogens with one attached hydrogen (secondary N) is 1. The average molecular weight is 345 g/mol. The van der Waals surface area contributed by atoms with E-state index in [4.69, 9.17) is 9.47 Å². The first-order chi connectivity index (χ1) is 11.5. The van der Waals surface area contributed by atoms with Gasteiger partial charge in [0.05, 0.1) is 19.6 Å². The molecule has 1 aromatic carbocycles. The van der Waals surface area contributed by atoms with Gasteiger partial charge in [-0.2, -0.15) is 0 Å². The summed E-state index contributed by atoms with van der Waals surface area (Å²) < 4.78 is 10.6. The molecule has 0 saturated carbocycles. The summed E-state index contributed by atoms with van der Waals surface area (Å²) in [6.45, 7) is 8.54. The van der Waals surface area contributed by atoms with Gasteiger partial charge in [0, 0.05) is 6.20 Å². The summed E-state index contributed by atoms with van der Waals surface area (Å²) >= 11 is 1.72. The van der Waals surface area contributed by atoms with Crippen molar-refractivity contribution in [3.05, 3.63) is 59.7 Å². The number of hydrogen-bond acceptors (Lipinski definition) is 5. The minimum Gasteiger partial charge on any atom is -0.426 e. The maximum absolute atomic E-state index is 11.7. The molecule has 1 heterocycles. The molecule has 4 nitrogen and oxygen atoms in total. The van der Waals surface area contributed by atoms with Crippen LogP contribution in [0, 0.1) is 0 Å². The zero-order valence-corrected chi connectivity index (χ0v) is 14.9. The molecule has 24 heavy (non-hydrogen) atoms. The van der Waals surface area contributed by atoms with E-state index in [0.717, 1.165) is 11.1 Å². The molecular formula is C19H23NO3S. The van der Waals surface area contributed by atoms with Crippen molar-refractivity contribution in [3.8, 4) is 5.75 Å². The van der Waals surface area contributed by atoms with Crippen molar-refractivity contribution < 1.29 is 14.3 Å². The second kappa shape index (κ2) is 8.76. The highest BCUT2D eigenvalue weighted by atomic mass is 32.2. The Kier molecular flexibility index (Phi) is 6.70. The second-order valence-corrected chi connectivity index (χ2v) is 7.16. The molecule has 1 unspecified atom stereocenters. The molecule has 0 radical (unpaired) electrons. The van der Waals surface area contributed by atoms with Crippen LogP contribution in [0.25, 0.3) is 6.08 Å². The highest BCUT2D eigenvalue weighted by molar-refractivity contribution is 8.03. The van der Waals surface area contributed by atoms with E-state index in [1.165, 1.54) is 0 Å². The molecule has 1 aromatic rings. The van der Waals surface area contributed by atoms with Crippen molar-refractivity contribution in [2.45, 2.75) is 25.1 Å². The summed E-state index contributed by atoms with van der Waals surface area (Å²) in [6.07, 6.45) is 6.32. The number of thioether (sulfide) groups is 1. The molecule has 1 aliphatic heterocycles. The monoisotopic (exact) mass is 345 g/mol. The predicted octanol–water partition coefficient (Wildman–Crippen LogP) is 4.11. The summed E-state index contributed by atoms with van der Waals surface area (Å²) in [6, 6.07) is 7.43. The summed E-state index contributed by atoms with van der Waals surface area (Å²) in [5.74, 6) is 0.239. The van der Waals surface area contributed by atoms with Crippen LogP contribution in [0.2, 0.25) is 0 Å². The van der Waals surface area contributed by atoms with E-state index in [9.17, 15) is 4.79 Å².